The first-order chi connectivity index (χ1) is 7.00. The van der Waals surface area contributed by atoms with Crippen molar-refractivity contribution in [1.82, 2.24) is 4.90 Å². The number of carbonyl (C=O) groups excluding carboxylic acids is 1. The van der Waals surface area contributed by atoms with Gasteiger partial charge in [0.1, 0.15) is 5.82 Å². The summed E-state index contributed by atoms with van der Waals surface area (Å²) in [6, 6.07) is 2.47. The molecule has 0 bridgehead atoms. The molecule has 1 aliphatic rings. The van der Waals surface area contributed by atoms with Gasteiger partial charge < -0.3 is 5.11 Å². The van der Waals surface area contributed by atoms with E-state index in [1.165, 1.54) is 6.07 Å². The topological polar surface area (TPSA) is 57.6 Å². The average molecular weight is 274 g/mol. The number of hydrogen-bond acceptors (Lipinski definition) is 2. The molecule has 1 heterocycles. The average Bonchev–Trinajstić information content (AvgIpc) is 2.46. The SMILES string of the molecule is O=C(O)N1Cc2cc(Br)c(F)cc2C1=O. The Kier molecular flexibility index (Phi) is 2.22. The Bertz CT molecular complexity index is 475. The summed E-state index contributed by atoms with van der Waals surface area (Å²) in [5, 5.41) is 8.69. The number of benzene rings is 1. The zero-order valence-corrected chi connectivity index (χ0v) is 8.91. The maximum atomic E-state index is 13.1. The van der Waals surface area contributed by atoms with Crippen LogP contribution in [0.5, 0.6) is 0 Å². The minimum absolute atomic E-state index is 0.0254. The zero-order chi connectivity index (χ0) is 11.2. The lowest BCUT2D eigenvalue weighted by Crippen LogP contribution is -2.29. The Balaban J connectivity index is 2.50. The molecular weight excluding hydrogens is 269 g/mol. The van der Waals surface area contributed by atoms with Gasteiger partial charge in [0.05, 0.1) is 11.0 Å². The van der Waals surface area contributed by atoms with E-state index in [0.717, 1.165) is 6.07 Å². The third-order valence-electron chi connectivity index (χ3n) is 2.18. The van der Waals surface area contributed by atoms with Gasteiger partial charge in [-0.15, -0.1) is 0 Å². The highest BCUT2D eigenvalue weighted by atomic mass is 79.9. The first kappa shape index (κ1) is 10.1. The largest absolute Gasteiger partial charge is 0.465 e. The molecule has 78 valence electrons. The summed E-state index contributed by atoms with van der Waals surface area (Å²) in [6.07, 6.45) is -1.33. The number of hydrogen-bond donors (Lipinski definition) is 1. The van der Waals surface area contributed by atoms with E-state index in [0.29, 0.717) is 10.5 Å². The molecule has 0 aliphatic carbocycles. The van der Waals surface area contributed by atoms with Crippen LogP contribution in [-0.2, 0) is 6.54 Å². The summed E-state index contributed by atoms with van der Waals surface area (Å²) >= 11 is 2.97. The molecule has 0 aromatic heterocycles. The normalized spacial score (nSPS) is 14.3. The molecule has 0 radical (unpaired) electrons. The molecule has 4 nitrogen and oxygen atoms in total. The summed E-state index contributed by atoms with van der Waals surface area (Å²) in [4.78, 5) is 22.8. The molecule has 0 unspecified atom stereocenters. The molecule has 0 fully saturated rings. The second-order valence-corrected chi connectivity index (χ2v) is 3.95. The first-order valence-electron chi connectivity index (χ1n) is 4.03. The van der Waals surface area contributed by atoms with Crippen LogP contribution < -0.4 is 0 Å². The Morgan fingerprint density at radius 2 is 2.20 bits per heavy atom. The van der Waals surface area contributed by atoms with E-state index in [4.69, 9.17) is 5.11 Å². The maximum absolute atomic E-state index is 13.1. The molecule has 6 heteroatoms. The van der Waals surface area contributed by atoms with Gasteiger partial charge in [-0.05, 0) is 33.6 Å². The van der Waals surface area contributed by atoms with Crippen molar-refractivity contribution in [3.8, 4) is 0 Å². The highest BCUT2D eigenvalue weighted by molar-refractivity contribution is 9.10. The van der Waals surface area contributed by atoms with E-state index < -0.39 is 17.8 Å². The Morgan fingerprint density at radius 3 is 2.80 bits per heavy atom. The summed E-state index contributed by atoms with van der Waals surface area (Å²) in [5.74, 6) is -1.25. The van der Waals surface area contributed by atoms with Gasteiger partial charge >= 0.3 is 6.09 Å². The molecule has 2 amide bonds. The van der Waals surface area contributed by atoms with Gasteiger partial charge in [0.2, 0.25) is 0 Å². The fourth-order valence-corrected chi connectivity index (χ4v) is 1.85. The monoisotopic (exact) mass is 273 g/mol. The van der Waals surface area contributed by atoms with Crippen LogP contribution in [0.15, 0.2) is 16.6 Å². The summed E-state index contributed by atoms with van der Waals surface area (Å²) in [6.45, 7) is -0.0254. The lowest BCUT2D eigenvalue weighted by Gasteiger charge is -2.06. The van der Waals surface area contributed by atoms with Crippen LogP contribution in [0.2, 0.25) is 0 Å². The second kappa shape index (κ2) is 3.30. The van der Waals surface area contributed by atoms with Crippen molar-refractivity contribution in [3.05, 3.63) is 33.5 Å². The molecular formula is C9H5BrFNO3. The van der Waals surface area contributed by atoms with Gasteiger partial charge in [0.15, 0.2) is 0 Å². The molecule has 1 N–H and O–H groups in total. The van der Waals surface area contributed by atoms with E-state index >= 15 is 0 Å². The Morgan fingerprint density at radius 1 is 1.53 bits per heavy atom. The predicted octanol–water partition coefficient (Wildman–Crippen LogP) is 2.22. The van der Waals surface area contributed by atoms with E-state index in [1.807, 2.05) is 0 Å². The van der Waals surface area contributed by atoms with Crippen LogP contribution in [-0.4, -0.2) is 22.0 Å². The zero-order valence-electron chi connectivity index (χ0n) is 7.33. The molecule has 0 atom stereocenters. The third-order valence-corrected chi connectivity index (χ3v) is 2.79. The molecule has 1 aromatic carbocycles. The number of halogens is 2. The minimum atomic E-state index is -1.33. The molecule has 2 rings (SSSR count). The van der Waals surface area contributed by atoms with Crippen molar-refractivity contribution >= 4 is 27.9 Å². The van der Waals surface area contributed by atoms with Crippen LogP contribution in [0.3, 0.4) is 0 Å². The van der Waals surface area contributed by atoms with E-state index in [-0.39, 0.29) is 16.6 Å². The van der Waals surface area contributed by atoms with Gasteiger partial charge in [0.25, 0.3) is 5.91 Å². The lowest BCUT2D eigenvalue weighted by molar-refractivity contribution is 0.0763. The van der Waals surface area contributed by atoms with E-state index in [1.54, 1.807) is 0 Å². The lowest BCUT2D eigenvalue weighted by atomic mass is 10.1. The number of amides is 2. The predicted molar refractivity (Wildman–Crippen MR) is 52.0 cm³/mol. The third kappa shape index (κ3) is 1.50. The summed E-state index contributed by atoms with van der Waals surface area (Å²) in [5.41, 5.74) is 0.619. The summed E-state index contributed by atoms with van der Waals surface area (Å²) < 4.78 is 13.3. The molecule has 1 aliphatic heterocycles. The molecule has 1 aromatic rings. The van der Waals surface area contributed by atoms with Crippen molar-refractivity contribution < 1.29 is 19.1 Å². The second-order valence-electron chi connectivity index (χ2n) is 3.10. The standard InChI is InChI=1S/C9H5BrFNO3/c10-6-1-4-3-12(9(14)15)8(13)5(4)2-7(6)11/h1-2H,3H2,(H,14,15). The van der Waals surface area contributed by atoms with Gasteiger partial charge in [-0.2, -0.15) is 0 Å². The van der Waals surface area contributed by atoms with Crippen molar-refractivity contribution in [3.63, 3.8) is 0 Å². The van der Waals surface area contributed by atoms with Crippen LogP contribution >= 0.6 is 15.9 Å². The Hall–Kier alpha value is -1.43. The quantitative estimate of drug-likeness (QED) is 0.789. The highest BCUT2D eigenvalue weighted by Gasteiger charge is 2.32. The minimum Gasteiger partial charge on any atom is -0.465 e. The maximum Gasteiger partial charge on any atom is 0.414 e. The van der Waals surface area contributed by atoms with Crippen molar-refractivity contribution in [2.45, 2.75) is 6.54 Å². The molecule has 0 spiro atoms. The van der Waals surface area contributed by atoms with Crippen molar-refractivity contribution in [1.29, 1.82) is 0 Å². The molecule has 0 saturated carbocycles. The van der Waals surface area contributed by atoms with Crippen LogP contribution in [0.1, 0.15) is 15.9 Å². The number of carbonyl (C=O) groups is 2. The smallest absolute Gasteiger partial charge is 0.414 e. The van der Waals surface area contributed by atoms with Crippen molar-refractivity contribution in [2.75, 3.05) is 0 Å². The fourth-order valence-electron chi connectivity index (χ4n) is 1.46. The van der Waals surface area contributed by atoms with E-state index in [2.05, 4.69) is 15.9 Å². The summed E-state index contributed by atoms with van der Waals surface area (Å²) in [7, 11) is 0. The highest BCUT2D eigenvalue weighted by Crippen LogP contribution is 2.28. The Labute approximate surface area is 92.4 Å². The van der Waals surface area contributed by atoms with Crippen LogP contribution in [0.25, 0.3) is 0 Å². The van der Waals surface area contributed by atoms with Gasteiger partial charge in [0, 0.05) is 5.56 Å². The van der Waals surface area contributed by atoms with Gasteiger partial charge in [-0.25, -0.2) is 14.1 Å². The number of fused-ring (bicyclic) bond motifs is 1. The number of nitrogens with zero attached hydrogens (tertiary/aromatic N) is 1. The van der Waals surface area contributed by atoms with Crippen LogP contribution in [0.4, 0.5) is 9.18 Å². The number of imide groups is 1. The molecule has 0 saturated heterocycles. The number of rotatable bonds is 0. The van der Waals surface area contributed by atoms with Gasteiger partial charge in [-0.1, -0.05) is 0 Å². The van der Waals surface area contributed by atoms with E-state index in [9.17, 15) is 14.0 Å². The number of carboxylic acid groups (broad SMARTS) is 1. The molecule has 15 heavy (non-hydrogen) atoms. The fraction of sp³-hybridized carbons (Fsp3) is 0.111. The van der Waals surface area contributed by atoms with Crippen molar-refractivity contribution in [2.24, 2.45) is 0 Å². The van der Waals surface area contributed by atoms with Crippen LogP contribution in [0, 0.1) is 5.82 Å². The van der Waals surface area contributed by atoms with Gasteiger partial charge in [-0.3, -0.25) is 4.79 Å². The first-order valence-corrected chi connectivity index (χ1v) is 4.82.